The van der Waals surface area contributed by atoms with Gasteiger partial charge in [0.2, 0.25) is 0 Å². The SMILES string of the molecule is Cn1cnc(-c2cccc(-c3cc4c(C(N)=O)cnc(N(Cc5ccccc5)Cc5ccccc5)c4n3S(=O)(=O)c3ccccc3)c2)n1. The van der Waals surface area contributed by atoms with Gasteiger partial charge in [-0.2, -0.15) is 5.10 Å². The number of carbonyl (C=O) groups excluding carboxylic acids is 1. The van der Waals surface area contributed by atoms with Crippen molar-refractivity contribution in [2.75, 3.05) is 4.90 Å². The number of primary amides is 1. The number of nitrogens with zero attached hydrogens (tertiary/aromatic N) is 6. The summed E-state index contributed by atoms with van der Waals surface area (Å²) < 4.78 is 32.5. The van der Waals surface area contributed by atoms with Gasteiger partial charge < -0.3 is 10.6 Å². The molecule has 0 aliphatic carbocycles. The Kier molecular flexibility index (Phi) is 8.03. The lowest BCUT2D eigenvalue weighted by Crippen LogP contribution is -2.25. The Balaban J connectivity index is 1.54. The van der Waals surface area contributed by atoms with Crippen LogP contribution in [0.5, 0.6) is 0 Å². The molecule has 0 aliphatic heterocycles. The predicted octanol–water partition coefficient (Wildman–Crippen LogP) is 6.04. The summed E-state index contributed by atoms with van der Waals surface area (Å²) in [5, 5.41) is 4.80. The fourth-order valence-corrected chi connectivity index (χ4v) is 7.39. The van der Waals surface area contributed by atoms with Crippen molar-refractivity contribution in [2.24, 2.45) is 12.8 Å². The zero-order chi connectivity index (χ0) is 33.3. The van der Waals surface area contributed by atoms with E-state index in [9.17, 15) is 13.2 Å². The number of pyridine rings is 1. The molecule has 1 amide bonds. The Labute approximate surface area is 277 Å². The number of anilines is 1. The van der Waals surface area contributed by atoms with Crippen molar-refractivity contribution in [3.8, 4) is 22.6 Å². The van der Waals surface area contributed by atoms with Crippen molar-refractivity contribution in [2.45, 2.75) is 18.0 Å². The van der Waals surface area contributed by atoms with E-state index in [1.54, 1.807) is 54.5 Å². The van der Waals surface area contributed by atoms with Gasteiger partial charge in [-0.25, -0.2) is 22.4 Å². The summed E-state index contributed by atoms with van der Waals surface area (Å²) in [4.78, 5) is 24.2. The Morgan fingerprint density at radius 1 is 0.771 bits per heavy atom. The molecule has 0 bridgehead atoms. The van der Waals surface area contributed by atoms with E-state index in [0.29, 0.717) is 46.9 Å². The molecule has 4 aromatic carbocycles. The van der Waals surface area contributed by atoms with Gasteiger partial charge in [0.05, 0.1) is 16.2 Å². The third-order valence-corrected chi connectivity index (χ3v) is 9.80. The number of nitrogens with two attached hydrogens (primary N) is 1. The summed E-state index contributed by atoms with van der Waals surface area (Å²) in [6.45, 7) is 0.834. The number of benzene rings is 4. The van der Waals surface area contributed by atoms with E-state index < -0.39 is 15.9 Å². The summed E-state index contributed by atoms with van der Waals surface area (Å²) in [5.74, 6) is 0.157. The van der Waals surface area contributed by atoms with Gasteiger partial charge in [-0.05, 0) is 41.0 Å². The molecule has 7 rings (SSSR count). The predicted molar refractivity (Wildman–Crippen MR) is 185 cm³/mol. The van der Waals surface area contributed by atoms with Gasteiger partial charge in [0.15, 0.2) is 11.6 Å². The molecule has 10 nitrogen and oxygen atoms in total. The van der Waals surface area contributed by atoms with Crippen molar-refractivity contribution in [1.29, 1.82) is 0 Å². The van der Waals surface area contributed by atoms with E-state index in [4.69, 9.17) is 10.7 Å². The van der Waals surface area contributed by atoms with Crippen molar-refractivity contribution in [3.05, 3.63) is 151 Å². The quantitative estimate of drug-likeness (QED) is 0.191. The Morgan fingerprint density at radius 3 is 1.96 bits per heavy atom. The standard InChI is InChI=1S/C37H31N7O3S/c1-42-25-40-36(41-42)29-17-11-16-28(20-29)33-21-31-32(35(38)45)22-39-37(34(31)44(33)48(46,47)30-18-9-4-10-19-30)43(23-26-12-5-2-6-13-26)24-27-14-7-3-8-15-27/h2-22,25H,23-24H2,1H3,(H2,38,45). The maximum Gasteiger partial charge on any atom is 0.268 e. The number of rotatable bonds is 10. The molecule has 2 N–H and O–H groups in total. The first-order valence-electron chi connectivity index (χ1n) is 15.2. The van der Waals surface area contributed by atoms with E-state index in [2.05, 4.69) is 10.1 Å². The fourth-order valence-electron chi connectivity index (χ4n) is 5.84. The number of fused-ring (bicyclic) bond motifs is 1. The number of amides is 1. The first-order valence-corrected chi connectivity index (χ1v) is 16.7. The minimum atomic E-state index is -4.26. The number of hydrogen-bond acceptors (Lipinski definition) is 7. The molecule has 0 unspecified atom stereocenters. The Hall–Kier alpha value is -6.07. The van der Waals surface area contributed by atoms with Crippen molar-refractivity contribution >= 4 is 32.7 Å². The number of aryl methyl sites for hydroxylation is 1. The number of carbonyl (C=O) groups is 1. The van der Waals surface area contributed by atoms with E-state index in [1.165, 1.54) is 10.2 Å². The fraction of sp³-hybridized carbons (Fsp3) is 0.0811. The van der Waals surface area contributed by atoms with E-state index in [1.807, 2.05) is 89.8 Å². The van der Waals surface area contributed by atoms with Gasteiger partial charge in [0, 0.05) is 37.3 Å². The molecule has 0 saturated heterocycles. The van der Waals surface area contributed by atoms with E-state index in [0.717, 1.165) is 11.1 Å². The third-order valence-electron chi connectivity index (χ3n) is 8.07. The highest BCUT2D eigenvalue weighted by Gasteiger charge is 2.30. The van der Waals surface area contributed by atoms with Gasteiger partial charge in [0.1, 0.15) is 11.8 Å². The highest BCUT2D eigenvalue weighted by molar-refractivity contribution is 7.90. The molecular formula is C37H31N7O3S. The van der Waals surface area contributed by atoms with Gasteiger partial charge >= 0.3 is 0 Å². The second-order valence-electron chi connectivity index (χ2n) is 11.4. The van der Waals surface area contributed by atoms with Crippen LogP contribution in [0.4, 0.5) is 5.82 Å². The summed E-state index contributed by atoms with van der Waals surface area (Å²) >= 11 is 0. The first-order chi connectivity index (χ1) is 23.3. The van der Waals surface area contributed by atoms with Crippen LogP contribution in [0, 0.1) is 0 Å². The minimum Gasteiger partial charge on any atom is -0.366 e. The molecule has 0 atom stereocenters. The zero-order valence-corrected chi connectivity index (χ0v) is 26.8. The maximum atomic E-state index is 14.8. The highest BCUT2D eigenvalue weighted by Crippen LogP contribution is 2.39. The van der Waals surface area contributed by atoms with Gasteiger partial charge in [-0.15, -0.1) is 0 Å². The largest absolute Gasteiger partial charge is 0.366 e. The molecular weight excluding hydrogens is 623 g/mol. The number of aromatic nitrogens is 5. The highest BCUT2D eigenvalue weighted by atomic mass is 32.2. The molecule has 0 saturated carbocycles. The molecule has 3 aromatic heterocycles. The summed E-state index contributed by atoms with van der Waals surface area (Å²) in [5.41, 5.74) is 9.88. The van der Waals surface area contributed by atoms with Crippen LogP contribution in [0.3, 0.4) is 0 Å². The van der Waals surface area contributed by atoms with Gasteiger partial charge in [0.25, 0.3) is 15.9 Å². The molecule has 0 fully saturated rings. The molecule has 3 heterocycles. The second-order valence-corrected chi connectivity index (χ2v) is 13.2. The van der Waals surface area contributed by atoms with Crippen LogP contribution in [-0.2, 0) is 30.2 Å². The summed E-state index contributed by atoms with van der Waals surface area (Å²) in [6.07, 6.45) is 3.03. The first kappa shape index (κ1) is 30.6. The minimum absolute atomic E-state index is 0.0828. The van der Waals surface area contributed by atoms with Crippen LogP contribution in [0.15, 0.2) is 139 Å². The molecule has 11 heteroatoms. The zero-order valence-electron chi connectivity index (χ0n) is 26.0. The van der Waals surface area contributed by atoms with E-state index in [-0.39, 0.29) is 16.0 Å². The molecule has 0 aliphatic rings. The molecule has 48 heavy (non-hydrogen) atoms. The van der Waals surface area contributed by atoms with Crippen LogP contribution >= 0.6 is 0 Å². The molecule has 7 aromatic rings. The molecule has 0 spiro atoms. The number of hydrogen-bond donors (Lipinski definition) is 1. The van der Waals surface area contributed by atoms with Gasteiger partial charge in [-0.3, -0.25) is 9.48 Å². The smallest absolute Gasteiger partial charge is 0.268 e. The third kappa shape index (κ3) is 5.82. The summed E-state index contributed by atoms with van der Waals surface area (Å²) in [7, 11) is -2.48. The van der Waals surface area contributed by atoms with Crippen molar-refractivity contribution in [1.82, 2.24) is 23.7 Å². The van der Waals surface area contributed by atoms with E-state index >= 15 is 0 Å². The van der Waals surface area contributed by atoms with Crippen LogP contribution < -0.4 is 10.6 Å². The molecule has 0 radical (unpaired) electrons. The average Bonchev–Trinajstić information content (AvgIpc) is 3.74. The maximum absolute atomic E-state index is 14.8. The lowest BCUT2D eigenvalue weighted by Gasteiger charge is -2.26. The monoisotopic (exact) mass is 653 g/mol. The lowest BCUT2D eigenvalue weighted by atomic mass is 10.1. The van der Waals surface area contributed by atoms with Crippen LogP contribution in [-0.4, -0.2) is 38.0 Å². The van der Waals surface area contributed by atoms with Crippen LogP contribution in [0.25, 0.3) is 33.5 Å². The molecule has 238 valence electrons. The van der Waals surface area contributed by atoms with Crippen LogP contribution in [0.2, 0.25) is 0 Å². The average molecular weight is 654 g/mol. The Bertz CT molecular complexity index is 2310. The Morgan fingerprint density at radius 2 is 1.38 bits per heavy atom. The second kappa shape index (κ2) is 12.6. The van der Waals surface area contributed by atoms with Crippen LogP contribution in [0.1, 0.15) is 21.5 Å². The normalized spacial score (nSPS) is 11.5. The van der Waals surface area contributed by atoms with Crippen molar-refractivity contribution < 1.29 is 13.2 Å². The lowest BCUT2D eigenvalue weighted by molar-refractivity contribution is 0.100. The summed E-state index contributed by atoms with van der Waals surface area (Å²) in [6, 6.07) is 37.0. The van der Waals surface area contributed by atoms with Gasteiger partial charge in [-0.1, -0.05) is 97.1 Å². The topological polar surface area (TPSA) is 129 Å². The van der Waals surface area contributed by atoms with Crippen molar-refractivity contribution in [3.63, 3.8) is 0 Å².